The fourth-order valence-corrected chi connectivity index (χ4v) is 2.69. The highest BCUT2D eigenvalue weighted by Crippen LogP contribution is 2.23. The summed E-state index contributed by atoms with van der Waals surface area (Å²) in [6.45, 7) is 3.67. The highest BCUT2D eigenvalue weighted by Gasteiger charge is 2.26. The van der Waals surface area contributed by atoms with Crippen molar-refractivity contribution in [3.05, 3.63) is 54.0 Å². The molecule has 0 saturated carbocycles. The van der Waals surface area contributed by atoms with Gasteiger partial charge in [-0.25, -0.2) is 9.37 Å². The van der Waals surface area contributed by atoms with Crippen LogP contribution in [0.3, 0.4) is 0 Å². The molecule has 0 bridgehead atoms. The van der Waals surface area contributed by atoms with Gasteiger partial charge in [0, 0.05) is 19.3 Å². The number of ether oxygens (including phenoxy) is 1. The van der Waals surface area contributed by atoms with E-state index >= 15 is 0 Å². The number of pyridine rings is 1. The second-order valence-corrected chi connectivity index (χ2v) is 5.66. The van der Waals surface area contributed by atoms with E-state index in [1.165, 1.54) is 6.07 Å². The minimum Gasteiger partial charge on any atom is -0.375 e. The molecule has 6 heteroatoms. The van der Waals surface area contributed by atoms with E-state index in [2.05, 4.69) is 10.3 Å². The fourth-order valence-electron chi connectivity index (χ4n) is 2.69. The highest BCUT2D eigenvalue weighted by molar-refractivity contribution is 5.99. The molecule has 0 aliphatic carbocycles. The number of hydrogen-bond acceptors (Lipinski definition) is 4. The van der Waals surface area contributed by atoms with E-state index in [9.17, 15) is 9.18 Å². The fraction of sp³-hybridized carbons (Fsp3) is 0.333. The third-order valence-electron chi connectivity index (χ3n) is 4.05. The van der Waals surface area contributed by atoms with E-state index in [1.807, 2.05) is 6.92 Å². The predicted molar refractivity (Wildman–Crippen MR) is 89.9 cm³/mol. The van der Waals surface area contributed by atoms with E-state index in [-0.39, 0.29) is 17.8 Å². The van der Waals surface area contributed by atoms with Crippen LogP contribution in [-0.2, 0) is 4.74 Å². The highest BCUT2D eigenvalue weighted by atomic mass is 19.1. The Morgan fingerprint density at radius 2 is 2.21 bits per heavy atom. The van der Waals surface area contributed by atoms with Crippen LogP contribution in [0.2, 0.25) is 0 Å². The molecule has 5 nitrogen and oxygen atoms in total. The van der Waals surface area contributed by atoms with Crippen LogP contribution in [0.15, 0.2) is 42.6 Å². The normalized spacial score (nSPS) is 17.6. The summed E-state index contributed by atoms with van der Waals surface area (Å²) in [4.78, 5) is 18.8. The Kier molecular flexibility index (Phi) is 5.05. The summed E-state index contributed by atoms with van der Waals surface area (Å²) >= 11 is 0. The van der Waals surface area contributed by atoms with Crippen LogP contribution in [0.25, 0.3) is 0 Å². The summed E-state index contributed by atoms with van der Waals surface area (Å²) in [7, 11) is 0. The first-order chi connectivity index (χ1) is 11.7. The number of anilines is 2. The zero-order chi connectivity index (χ0) is 16.9. The number of carbonyl (C=O) groups is 1. The SMILES string of the molecule is CCC1CN(C(=O)c2cccnc2Nc2ccccc2F)CCO1. The van der Waals surface area contributed by atoms with Crippen molar-refractivity contribution in [1.29, 1.82) is 0 Å². The van der Waals surface area contributed by atoms with Gasteiger partial charge in [0.1, 0.15) is 11.6 Å². The number of halogens is 1. The van der Waals surface area contributed by atoms with Gasteiger partial charge in [0.2, 0.25) is 0 Å². The van der Waals surface area contributed by atoms with Gasteiger partial charge in [-0.15, -0.1) is 0 Å². The zero-order valence-electron chi connectivity index (χ0n) is 13.5. The van der Waals surface area contributed by atoms with Crippen molar-refractivity contribution in [1.82, 2.24) is 9.88 Å². The molecular weight excluding hydrogens is 309 g/mol. The number of nitrogens with zero attached hydrogens (tertiary/aromatic N) is 2. The largest absolute Gasteiger partial charge is 0.375 e. The summed E-state index contributed by atoms with van der Waals surface area (Å²) in [5, 5.41) is 2.92. The predicted octanol–water partition coefficient (Wildman–Crippen LogP) is 3.22. The summed E-state index contributed by atoms with van der Waals surface area (Å²) < 4.78 is 19.5. The van der Waals surface area contributed by atoms with Gasteiger partial charge in [-0.1, -0.05) is 19.1 Å². The molecule has 3 rings (SSSR count). The lowest BCUT2D eigenvalue weighted by molar-refractivity contribution is -0.0226. The van der Waals surface area contributed by atoms with Crippen LogP contribution >= 0.6 is 0 Å². The molecule has 1 amide bonds. The van der Waals surface area contributed by atoms with Crippen molar-refractivity contribution in [3.63, 3.8) is 0 Å². The van der Waals surface area contributed by atoms with Gasteiger partial charge in [-0.3, -0.25) is 4.79 Å². The van der Waals surface area contributed by atoms with E-state index < -0.39 is 0 Å². The van der Waals surface area contributed by atoms with Crippen molar-refractivity contribution in [3.8, 4) is 0 Å². The smallest absolute Gasteiger partial charge is 0.257 e. The van der Waals surface area contributed by atoms with Crippen LogP contribution in [-0.4, -0.2) is 41.6 Å². The first-order valence-electron chi connectivity index (χ1n) is 8.06. The van der Waals surface area contributed by atoms with Gasteiger partial charge in [0.25, 0.3) is 5.91 Å². The van der Waals surface area contributed by atoms with Crippen molar-refractivity contribution < 1.29 is 13.9 Å². The lowest BCUT2D eigenvalue weighted by Crippen LogP contribution is -2.45. The number of para-hydroxylation sites is 1. The van der Waals surface area contributed by atoms with Gasteiger partial charge in [0.05, 0.1) is 24.0 Å². The van der Waals surface area contributed by atoms with Crippen molar-refractivity contribution in [2.45, 2.75) is 19.4 Å². The lowest BCUT2D eigenvalue weighted by atomic mass is 10.1. The van der Waals surface area contributed by atoms with Crippen molar-refractivity contribution >= 4 is 17.4 Å². The average molecular weight is 329 g/mol. The van der Waals surface area contributed by atoms with Crippen LogP contribution in [0.1, 0.15) is 23.7 Å². The Morgan fingerprint density at radius 3 is 3.00 bits per heavy atom. The van der Waals surface area contributed by atoms with E-state index in [1.54, 1.807) is 41.4 Å². The molecule has 2 heterocycles. The van der Waals surface area contributed by atoms with Crippen LogP contribution < -0.4 is 5.32 Å². The molecule has 0 spiro atoms. The molecule has 1 atom stereocenters. The number of benzene rings is 1. The van der Waals surface area contributed by atoms with Crippen LogP contribution in [0, 0.1) is 5.82 Å². The van der Waals surface area contributed by atoms with Gasteiger partial charge >= 0.3 is 0 Å². The number of hydrogen-bond donors (Lipinski definition) is 1. The Hall–Kier alpha value is -2.47. The third-order valence-corrected chi connectivity index (χ3v) is 4.05. The molecular formula is C18H20FN3O2. The Balaban J connectivity index is 1.83. The minimum atomic E-state index is -0.390. The first kappa shape index (κ1) is 16.4. The molecule has 1 aromatic heterocycles. The van der Waals surface area contributed by atoms with Gasteiger partial charge in [-0.05, 0) is 30.7 Å². The number of carbonyl (C=O) groups excluding carboxylic acids is 1. The molecule has 2 aromatic rings. The zero-order valence-corrected chi connectivity index (χ0v) is 13.5. The molecule has 1 aliphatic heterocycles. The maximum Gasteiger partial charge on any atom is 0.257 e. The number of rotatable bonds is 4. The second kappa shape index (κ2) is 7.40. The number of morpholine rings is 1. The molecule has 1 aromatic carbocycles. The summed E-state index contributed by atoms with van der Waals surface area (Å²) in [6.07, 6.45) is 2.49. The molecule has 24 heavy (non-hydrogen) atoms. The Labute approximate surface area is 140 Å². The average Bonchev–Trinajstić information content (AvgIpc) is 2.63. The summed E-state index contributed by atoms with van der Waals surface area (Å²) in [6, 6.07) is 9.72. The molecule has 1 saturated heterocycles. The second-order valence-electron chi connectivity index (χ2n) is 5.66. The van der Waals surface area contributed by atoms with Crippen molar-refractivity contribution in [2.24, 2.45) is 0 Å². The van der Waals surface area contributed by atoms with Crippen LogP contribution in [0.5, 0.6) is 0 Å². The summed E-state index contributed by atoms with van der Waals surface area (Å²) in [5.74, 6) is -0.158. The molecule has 1 aliphatic rings. The molecule has 0 radical (unpaired) electrons. The Morgan fingerprint density at radius 1 is 1.38 bits per heavy atom. The minimum absolute atomic E-state index is 0.0577. The molecule has 1 fully saturated rings. The van der Waals surface area contributed by atoms with Gasteiger partial charge < -0.3 is 15.0 Å². The van der Waals surface area contributed by atoms with Crippen molar-refractivity contribution in [2.75, 3.05) is 25.0 Å². The topological polar surface area (TPSA) is 54.5 Å². The van der Waals surface area contributed by atoms with Gasteiger partial charge in [0.15, 0.2) is 0 Å². The monoisotopic (exact) mass is 329 g/mol. The van der Waals surface area contributed by atoms with E-state index in [0.717, 1.165) is 6.42 Å². The van der Waals surface area contributed by atoms with Crippen LogP contribution in [0.4, 0.5) is 15.9 Å². The van der Waals surface area contributed by atoms with Gasteiger partial charge in [-0.2, -0.15) is 0 Å². The van der Waals surface area contributed by atoms with E-state index in [0.29, 0.717) is 36.8 Å². The standard InChI is InChI=1S/C18H20FN3O2/c1-2-13-12-22(10-11-24-13)18(23)14-6-5-9-20-17(14)21-16-8-4-3-7-15(16)19/h3-9,13H,2,10-12H2,1H3,(H,20,21). The maximum absolute atomic E-state index is 13.9. The Bertz CT molecular complexity index is 723. The molecule has 126 valence electrons. The van der Waals surface area contributed by atoms with E-state index in [4.69, 9.17) is 4.74 Å². The number of aromatic nitrogens is 1. The quantitative estimate of drug-likeness (QED) is 0.936. The number of amides is 1. The first-order valence-corrected chi connectivity index (χ1v) is 8.06. The summed E-state index contributed by atoms with van der Waals surface area (Å²) in [5.41, 5.74) is 0.719. The number of nitrogens with one attached hydrogen (secondary N) is 1. The molecule has 1 N–H and O–H groups in total. The lowest BCUT2D eigenvalue weighted by Gasteiger charge is -2.32. The third kappa shape index (κ3) is 3.54. The maximum atomic E-state index is 13.9. The molecule has 1 unspecified atom stereocenters.